The van der Waals surface area contributed by atoms with Gasteiger partial charge >= 0.3 is 0 Å². The monoisotopic (exact) mass is 324 g/mol. The minimum absolute atomic E-state index is 0.548. The van der Waals surface area contributed by atoms with Gasteiger partial charge in [-0.3, -0.25) is 4.90 Å². The quantitative estimate of drug-likeness (QED) is 0.882. The van der Waals surface area contributed by atoms with Crippen LogP contribution in [0.2, 0.25) is 0 Å². The van der Waals surface area contributed by atoms with Gasteiger partial charge in [-0.2, -0.15) is 11.8 Å². The second-order valence-corrected chi connectivity index (χ2v) is 7.53. The molecule has 2 aromatic heterocycles. The van der Waals surface area contributed by atoms with Crippen molar-refractivity contribution in [2.45, 2.75) is 39.8 Å². The molecule has 0 fully saturated rings. The summed E-state index contributed by atoms with van der Waals surface area (Å²) in [6, 6.07) is 0.548. The van der Waals surface area contributed by atoms with Gasteiger partial charge < -0.3 is 5.73 Å². The molecule has 0 aliphatic rings. The number of hydrogen-bond donors (Lipinski definition) is 1. The number of fused-ring (bicyclic) bond motifs is 1. The van der Waals surface area contributed by atoms with Gasteiger partial charge in [0.05, 0.1) is 11.9 Å². The van der Waals surface area contributed by atoms with Crippen molar-refractivity contribution in [2.24, 2.45) is 0 Å². The van der Waals surface area contributed by atoms with E-state index in [1.807, 2.05) is 11.8 Å². The lowest BCUT2D eigenvalue weighted by Crippen LogP contribution is -2.33. The number of thiophene rings is 1. The van der Waals surface area contributed by atoms with Crippen LogP contribution in [0.1, 0.15) is 29.6 Å². The first kappa shape index (κ1) is 16.5. The minimum Gasteiger partial charge on any atom is -0.383 e. The zero-order chi connectivity index (χ0) is 15.6. The number of aromatic nitrogens is 2. The Morgan fingerprint density at radius 2 is 2.05 bits per heavy atom. The van der Waals surface area contributed by atoms with Crippen LogP contribution in [0.5, 0.6) is 0 Å². The SMILES string of the molecule is CCC(CSC)N(C)Cc1nc(N)c2c(C)c(C)sc2n1. The summed E-state index contributed by atoms with van der Waals surface area (Å²) in [6.45, 7) is 7.17. The van der Waals surface area contributed by atoms with Crippen molar-refractivity contribution in [3.63, 3.8) is 0 Å². The molecule has 2 aromatic rings. The van der Waals surface area contributed by atoms with Crippen LogP contribution < -0.4 is 5.73 Å². The van der Waals surface area contributed by atoms with Gasteiger partial charge in [0, 0.05) is 16.7 Å². The van der Waals surface area contributed by atoms with Crippen molar-refractivity contribution >= 4 is 39.1 Å². The third-order valence-corrected chi connectivity index (χ3v) is 5.77. The highest BCUT2D eigenvalue weighted by Gasteiger charge is 2.16. The topological polar surface area (TPSA) is 55.0 Å². The van der Waals surface area contributed by atoms with Gasteiger partial charge in [-0.1, -0.05) is 6.92 Å². The number of nitrogens with two attached hydrogens (primary N) is 1. The molecular formula is C15H24N4S2. The van der Waals surface area contributed by atoms with E-state index in [-0.39, 0.29) is 0 Å². The maximum atomic E-state index is 6.15. The number of aryl methyl sites for hydroxylation is 2. The maximum absolute atomic E-state index is 6.15. The van der Waals surface area contributed by atoms with Crippen molar-refractivity contribution in [3.05, 3.63) is 16.3 Å². The Hall–Kier alpha value is -0.850. The fraction of sp³-hybridized carbons (Fsp3) is 0.600. The first-order chi connectivity index (χ1) is 9.97. The highest BCUT2D eigenvalue weighted by atomic mass is 32.2. The molecule has 0 saturated carbocycles. The van der Waals surface area contributed by atoms with E-state index in [0.29, 0.717) is 11.9 Å². The summed E-state index contributed by atoms with van der Waals surface area (Å²) in [4.78, 5) is 13.8. The number of nitrogen functional groups attached to an aromatic ring is 1. The molecule has 0 aromatic carbocycles. The summed E-state index contributed by atoms with van der Waals surface area (Å²) < 4.78 is 0. The average molecular weight is 325 g/mol. The van der Waals surface area contributed by atoms with Crippen molar-refractivity contribution in [3.8, 4) is 0 Å². The number of rotatable bonds is 6. The molecule has 1 atom stereocenters. The van der Waals surface area contributed by atoms with E-state index in [1.54, 1.807) is 11.3 Å². The van der Waals surface area contributed by atoms with E-state index < -0.39 is 0 Å². The second-order valence-electron chi connectivity index (χ2n) is 5.42. The lowest BCUT2D eigenvalue weighted by Gasteiger charge is -2.25. The number of thioether (sulfide) groups is 1. The second kappa shape index (κ2) is 6.94. The molecule has 116 valence electrons. The standard InChI is InChI=1S/C15H24N4S2/c1-6-11(8-20-5)19(4)7-12-17-14(16)13-9(2)10(3)21-15(13)18-12/h11H,6-8H2,1-5H3,(H2,16,17,18). The van der Waals surface area contributed by atoms with Crippen LogP contribution in [0.25, 0.3) is 10.2 Å². The highest BCUT2D eigenvalue weighted by Crippen LogP contribution is 2.32. The molecule has 0 bridgehead atoms. The van der Waals surface area contributed by atoms with Crippen LogP contribution in [0.15, 0.2) is 0 Å². The molecule has 1 unspecified atom stereocenters. The Kier molecular flexibility index (Phi) is 5.46. The van der Waals surface area contributed by atoms with Gasteiger partial charge in [-0.05, 0) is 39.1 Å². The van der Waals surface area contributed by atoms with Gasteiger partial charge in [0.25, 0.3) is 0 Å². The molecule has 4 nitrogen and oxygen atoms in total. The third kappa shape index (κ3) is 3.49. The third-order valence-electron chi connectivity index (χ3n) is 3.95. The predicted octanol–water partition coefficient (Wildman–Crippen LogP) is 3.46. The summed E-state index contributed by atoms with van der Waals surface area (Å²) in [5, 5.41) is 1.03. The van der Waals surface area contributed by atoms with Crippen LogP contribution in [-0.2, 0) is 6.54 Å². The van der Waals surface area contributed by atoms with E-state index in [9.17, 15) is 0 Å². The summed E-state index contributed by atoms with van der Waals surface area (Å²) in [6.07, 6.45) is 3.28. The number of hydrogen-bond acceptors (Lipinski definition) is 6. The summed E-state index contributed by atoms with van der Waals surface area (Å²) in [5.41, 5.74) is 7.36. The number of anilines is 1. The van der Waals surface area contributed by atoms with Crippen molar-refractivity contribution < 1.29 is 0 Å². The lowest BCUT2D eigenvalue weighted by atomic mass is 10.2. The molecular weight excluding hydrogens is 300 g/mol. The molecule has 0 saturated heterocycles. The smallest absolute Gasteiger partial charge is 0.146 e. The minimum atomic E-state index is 0.548. The van der Waals surface area contributed by atoms with E-state index in [1.165, 1.54) is 10.4 Å². The maximum Gasteiger partial charge on any atom is 0.146 e. The molecule has 0 spiro atoms. The van der Waals surface area contributed by atoms with E-state index in [4.69, 9.17) is 10.7 Å². The summed E-state index contributed by atoms with van der Waals surface area (Å²) >= 11 is 3.58. The van der Waals surface area contributed by atoms with Crippen LogP contribution in [-0.4, -0.2) is 40.0 Å². The Balaban J connectivity index is 2.27. The van der Waals surface area contributed by atoms with Crippen molar-refractivity contribution in [2.75, 3.05) is 24.8 Å². The highest BCUT2D eigenvalue weighted by molar-refractivity contribution is 7.98. The first-order valence-corrected chi connectivity index (χ1v) is 9.40. The largest absolute Gasteiger partial charge is 0.383 e. The Bertz CT molecular complexity index is 624. The van der Waals surface area contributed by atoms with Crippen molar-refractivity contribution in [1.29, 1.82) is 0 Å². The Morgan fingerprint density at radius 1 is 1.33 bits per heavy atom. The lowest BCUT2D eigenvalue weighted by molar-refractivity contribution is 0.242. The fourth-order valence-corrected chi connectivity index (χ4v) is 4.43. The van der Waals surface area contributed by atoms with E-state index in [2.05, 4.69) is 44.0 Å². The van der Waals surface area contributed by atoms with E-state index >= 15 is 0 Å². The van der Waals surface area contributed by atoms with Crippen molar-refractivity contribution in [1.82, 2.24) is 14.9 Å². The Labute approximate surface area is 135 Å². The molecule has 6 heteroatoms. The van der Waals surface area contributed by atoms with Crippen LogP contribution in [0, 0.1) is 13.8 Å². The summed E-state index contributed by atoms with van der Waals surface area (Å²) in [7, 11) is 2.14. The van der Waals surface area contributed by atoms with Crippen LogP contribution in [0.4, 0.5) is 5.82 Å². The van der Waals surface area contributed by atoms with Gasteiger partial charge in [-0.15, -0.1) is 11.3 Å². The van der Waals surface area contributed by atoms with Gasteiger partial charge in [-0.25, -0.2) is 9.97 Å². The molecule has 0 amide bonds. The number of nitrogens with zero attached hydrogens (tertiary/aromatic N) is 3. The molecule has 0 aliphatic heterocycles. The zero-order valence-electron chi connectivity index (χ0n) is 13.4. The molecule has 2 heterocycles. The molecule has 21 heavy (non-hydrogen) atoms. The fourth-order valence-electron chi connectivity index (χ4n) is 2.50. The van der Waals surface area contributed by atoms with E-state index in [0.717, 1.165) is 34.8 Å². The Morgan fingerprint density at radius 3 is 2.67 bits per heavy atom. The van der Waals surface area contributed by atoms with Crippen LogP contribution >= 0.6 is 23.1 Å². The summed E-state index contributed by atoms with van der Waals surface area (Å²) in [5.74, 6) is 2.56. The molecule has 0 radical (unpaired) electrons. The van der Waals surface area contributed by atoms with Crippen LogP contribution in [0.3, 0.4) is 0 Å². The van der Waals surface area contributed by atoms with Gasteiger partial charge in [0.1, 0.15) is 16.5 Å². The molecule has 2 N–H and O–H groups in total. The van der Waals surface area contributed by atoms with Gasteiger partial charge in [0.2, 0.25) is 0 Å². The average Bonchev–Trinajstić information content (AvgIpc) is 2.71. The molecule has 0 aliphatic carbocycles. The zero-order valence-corrected chi connectivity index (χ0v) is 15.1. The normalized spacial score (nSPS) is 13.2. The first-order valence-electron chi connectivity index (χ1n) is 7.19. The molecule has 2 rings (SSSR count). The van der Waals surface area contributed by atoms with Gasteiger partial charge in [0.15, 0.2) is 0 Å². The predicted molar refractivity (Wildman–Crippen MR) is 95.2 cm³/mol.